The van der Waals surface area contributed by atoms with E-state index in [1.807, 2.05) is 6.26 Å². The Balaban J connectivity index is 2.61. The van der Waals surface area contributed by atoms with Crippen molar-refractivity contribution in [1.29, 1.82) is 0 Å². The first-order valence-corrected chi connectivity index (χ1v) is 4.72. The third-order valence-corrected chi connectivity index (χ3v) is 2.39. The number of thioether (sulfide) groups is 1. The number of hydrogen-bond acceptors (Lipinski definition) is 4. The zero-order valence-electron chi connectivity index (χ0n) is 5.00. The maximum atomic E-state index is 8.77. The molecule has 0 amide bonds. The van der Waals surface area contributed by atoms with E-state index >= 15 is 0 Å². The van der Waals surface area contributed by atoms with Gasteiger partial charge >= 0.3 is 0 Å². The largest absolute Gasteiger partial charge is 0.493 e. The molecule has 0 aromatic carbocycles. The van der Waals surface area contributed by atoms with Gasteiger partial charge in [0.15, 0.2) is 0 Å². The molecule has 0 atom stereocenters. The van der Waals surface area contributed by atoms with Gasteiger partial charge in [-0.15, -0.1) is 11.3 Å². The summed E-state index contributed by atoms with van der Waals surface area (Å²) in [7, 11) is 0. The van der Waals surface area contributed by atoms with Crippen LogP contribution in [0.4, 0.5) is 0 Å². The lowest BCUT2D eigenvalue weighted by atomic mass is 10.8. The Morgan fingerprint density at radius 2 is 2.67 bits per heavy atom. The van der Waals surface area contributed by atoms with Gasteiger partial charge in [-0.05, 0) is 6.26 Å². The molecule has 1 rings (SSSR count). The van der Waals surface area contributed by atoms with E-state index in [-0.39, 0.29) is 5.88 Å². The predicted octanol–water partition coefficient (Wildman–Crippen LogP) is 1.71. The summed E-state index contributed by atoms with van der Waals surface area (Å²) in [6.07, 6.45) is 2.01. The number of aromatic hydroxyl groups is 1. The quantitative estimate of drug-likeness (QED) is 0.716. The molecule has 0 saturated heterocycles. The first kappa shape index (κ1) is 6.89. The van der Waals surface area contributed by atoms with E-state index in [0.29, 0.717) is 0 Å². The lowest BCUT2D eigenvalue weighted by Crippen LogP contribution is -1.73. The molecule has 0 aliphatic carbocycles. The minimum Gasteiger partial charge on any atom is -0.493 e. The molecule has 0 spiro atoms. The molecule has 0 unspecified atom stereocenters. The maximum absolute atomic E-state index is 8.77. The van der Waals surface area contributed by atoms with Crippen LogP contribution < -0.4 is 0 Å². The van der Waals surface area contributed by atoms with Gasteiger partial charge in [0.25, 0.3) is 0 Å². The zero-order chi connectivity index (χ0) is 6.69. The van der Waals surface area contributed by atoms with E-state index in [4.69, 9.17) is 5.11 Å². The zero-order valence-corrected chi connectivity index (χ0v) is 6.63. The molecule has 0 saturated carbocycles. The molecular formula is C5H7NOS2. The van der Waals surface area contributed by atoms with Crippen molar-refractivity contribution >= 4 is 23.1 Å². The van der Waals surface area contributed by atoms with Crippen LogP contribution in [0, 0.1) is 0 Å². The van der Waals surface area contributed by atoms with Crippen LogP contribution in [0.3, 0.4) is 0 Å². The minimum atomic E-state index is 0.143. The summed E-state index contributed by atoms with van der Waals surface area (Å²) >= 11 is 3.20. The lowest BCUT2D eigenvalue weighted by molar-refractivity contribution is 0.456. The molecule has 1 aromatic heterocycles. The molecule has 50 valence electrons. The van der Waals surface area contributed by atoms with Crippen molar-refractivity contribution in [3.8, 4) is 5.88 Å². The average Bonchev–Trinajstić information content (AvgIpc) is 2.17. The molecule has 4 heteroatoms. The van der Waals surface area contributed by atoms with Crippen molar-refractivity contribution in [1.82, 2.24) is 4.98 Å². The van der Waals surface area contributed by atoms with Crippen molar-refractivity contribution in [2.75, 3.05) is 6.26 Å². The summed E-state index contributed by atoms with van der Waals surface area (Å²) < 4.78 is 0. The molecule has 2 nitrogen and oxygen atoms in total. The van der Waals surface area contributed by atoms with E-state index in [0.717, 1.165) is 10.8 Å². The highest BCUT2D eigenvalue weighted by Gasteiger charge is 1.96. The number of hydrogen-bond donors (Lipinski definition) is 1. The third-order valence-electron chi connectivity index (χ3n) is 0.807. The highest BCUT2D eigenvalue weighted by Crippen LogP contribution is 2.17. The minimum absolute atomic E-state index is 0.143. The van der Waals surface area contributed by atoms with E-state index in [1.165, 1.54) is 11.3 Å². The maximum Gasteiger partial charge on any atom is 0.222 e. The monoisotopic (exact) mass is 161 g/mol. The second-order valence-corrected chi connectivity index (χ2v) is 3.34. The van der Waals surface area contributed by atoms with Gasteiger partial charge in [0, 0.05) is 5.75 Å². The second-order valence-electron chi connectivity index (χ2n) is 1.53. The van der Waals surface area contributed by atoms with E-state index in [1.54, 1.807) is 17.1 Å². The Hall–Kier alpha value is -0.220. The van der Waals surface area contributed by atoms with Crippen LogP contribution in [0.15, 0.2) is 5.38 Å². The van der Waals surface area contributed by atoms with Gasteiger partial charge in [0.05, 0.1) is 5.38 Å². The van der Waals surface area contributed by atoms with Gasteiger partial charge < -0.3 is 5.11 Å². The molecule has 9 heavy (non-hydrogen) atoms. The first-order chi connectivity index (χ1) is 4.33. The fraction of sp³-hybridized carbons (Fsp3) is 0.400. The molecule has 0 bridgehead atoms. The van der Waals surface area contributed by atoms with Gasteiger partial charge in [0.2, 0.25) is 5.88 Å². The fourth-order valence-corrected chi connectivity index (χ4v) is 1.87. The number of nitrogens with zero attached hydrogens (tertiary/aromatic N) is 1. The van der Waals surface area contributed by atoms with E-state index in [9.17, 15) is 0 Å². The van der Waals surface area contributed by atoms with Gasteiger partial charge in [0.1, 0.15) is 5.01 Å². The topological polar surface area (TPSA) is 33.1 Å². The Morgan fingerprint density at radius 1 is 1.89 bits per heavy atom. The van der Waals surface area contributed by atoms with Crippen LogP contribution in [0.25, 0.3) is 0 Å². The van der Waals surface area contributed by atoms with Crippen LogP contribution in [0.5, 0.6) is 5.88 Å². The number of aromatic nitrogens is 1. The molecule has 1 N–H and O–H groups in total. The first-order valence-electron chi connectivity index (χ1n) is 2.45. The van der Waals surface area contributed by atoms with Crippen molar-refractivity contribution in [2.45, 2.75) is 5.75 Å². The van der Waals surface area contributed by atoms with Gasteiger partial charge in [-0.25, -0.2) is 4.98 Å². The van der Waals surface area contributed by atoms with Crippen LogP contribution in [-0.4, -0.2) is 16.3 Å². The molecule has 0 fully saturated rings. The van der Waals surface area contributed by atoms with E-state index < -0.39 is 0 Å². The van der Waals surface area contributed by atoms with Crippen molar-refractivity contribution in [3.63, 3.8) is 0 Å². The summed E-state index contributed by atoms with van der Waals surface area (Å²) in [5, 5.41) is 11.4. The van der Waals surface area contributed by atoms with Crippen LogP contribution in [0.1, 0.15) is 5.01 Å². The molecular weight excluding hydrogens is 154 g/mol. The van der Waals surface area contributed by atoms with Crippen molar-refractivity contribution in [3.05, 3.63) is 10.4 Å². The summed E-state index contributed by atoms with van der Waals surface area (Å²) in [5.41, 5.74) is 0. The third kappa shape index (κ3) is 1.87. The standard InChI is InChI=1S/C5H7NOS2/c1-8-3-5-6-4(7)2-9-5/h2,7H,3H2,1H3. The van der Waals surface area contributed by atoms with Gasteiger partial charge in [-0.2, -0.15) is 11.8 Å². The number of rotatable bonds is 2. The van der Waals surface area contributed by atoms with Crippen LogP contribution >= 0.6 is 23.1 Å². The molecule has 1 aromatic rings. The lowest BCUT2D eigenvalue weighted by Gasteiger charge is -1.85. The summed E-state index contributed by atoms with van der Waals surface area (Å²) in [5.74, 6) is 1.04. The summed E-state index contributed by atoms with van der Waals surface area (Å²) in [6.45, 7) is 0. The number of thiazole rings is 1. The molecule has 1 heterocycles. The highest BCUT2D eigenvalue weighted by atomic mass is 32.2. The average molecular weight is 161 g/mol. The van der Waals surface area contributed by atoms with E-state index in [2.05, 4.69) is 4.98 Å². The molecule has 0 aliphatic heterocycles. The van der Waals surface area contributed by atoms with Crippen molar-refractivity contribution < 1.29 is 5.11 Å². The fourth-order valence-electron chi connectivity index (χ4n) is 0.491. The summed E-state index contributed by atoms with van der Waals surface area (Å²) in [6, 6.07) is 0. The normalized spacial score (nSPS) is 9.89. The van der Waals surface area contributed by atoms with Crippen molar-refractivity contribution in [2.24, 2.45) is 0 Å². The molecule has 0 aliphatic rings. The Kier molecular flexibility index (Phi) is 2.36. The Morgan fingerprint density at radius 3 is 3.11 bits per heavy atom. The smallest absolute Gasteiger partial charge is 0.222 e. The second kappa shape index (κ2) is 3.08. The Bertz CT molecular complexity index is 187. The summed E-state index contributed by atoms with van der Waals surface area (Å²) in [4.78, 5) is 3.85. The van der Waals surface area contributed by atoms with Crippen LogP contribution in [0.2, 0.25) is 0 Å². The predicted molar refractivity (Wildman–Crippen MR) is 41.0 cm³/mol. The van der Waals surface area contributed by atoms with Crippen LogP contribution in [-0.2, 0) is 5.75 Å². The SMILES string of the molecule is CSCc1nc(O)cs1. The molecule has 0 radical (unpaired) electrons. The van der Waals surface area contributed by atoms with Gasteiger partial charge in [-0.1, -0.05) is 0 Å². The Labute approximate surface area is 61.9 Å². The van der Waals surface area contributed by atoms with Gasteiger partial charge in [-0.3, -0.25) is 0 Å². The highest BCUT2D eigenvalue weighted by molar-refractivity contribution is 7.97.